The second-order valence-electron chi connectivity index (χ2n) is 8.14. The molecule has 0 spiro atoms. The van der Waals surface area contributed by atoms with Gasteiger partial charge in [-0.25, -0.2) is 0 Å². The van der Waals surface area contributed by atoms with E-state index < -0.39 is 17.7 Å². The Bertz CT molecular complexity index is 1060. The SMILES string of the molecule is CCCCN1C(=O)C(=O)/C(=C(/O)c2cc(Cl)cc(Cl)c2OC)C1c1ccc(C(C)C)cc1. The molecule has 32 heavy (non-hydrogen) atoms. The number of carbonyl (C=O) groups is 2. The highest BCUT2D eigenvalue weighted by molar-refractivity contribution is 6.46. The van der Waals surface area contributed by atoms with Gasteiger partial charge in [-0.1, -0.05) is 74.7 Å². The minimum Gasteiger partial charge on any atom is -0.507 e. The normalized spacial score (nSPS) is 18.0. The number of ketones is 1. The van der Waals surface area contributed by atoms with Crippen molar-refractivity contribution in [2.24, 2.45) is 0 Å². The number of nitrogens with zero attached hydrogens (tertiary/aromatic N) is 1. The van der Waals surface area contributed by atoms with E-state index in [4.69, 9.17) is 27.9 Å². The van der Waals surface area contributed by atoms with E-state index in [1.807, 2.05) is 31.2 Å². The highest BCUT2D eigenvalue weighted by Crippen LogP contribution is 2.43. The summed E-state index contributed by atoms with van der Waals surface area (Å²) in [5, 5.41) is 11.7. The molecule has 1 saturated heterocycles. The van der Waals surface area contributed by atoms with Crippen LogP contribution in [0, 0.1) is 0 Å². The molecule has 7 heteroatoms. The molecular weight excluding hydrogens is 449 g/mol. The molecule has 1 amide bonds. The first-order valence-electron chi connectivity index (χ1n) is 10.6. The minimum absolute atomic E-state index is 0.0000309. The topological polar surface area (TPSA) is 66.8 Å². The van der Waals surface area contributed by atoms with Gasteiger partial charge in [-0.15, -0.1) is 0 Å². The molecule has 1 atom stereocenters. The number of aliphatic hydroxyl groups is 1. The first-order chi connectivity index (χ1) is 15.2. The van der Waals surface area contributed by atoms with Gasteiger partial charge in [-0.05, 0) is 35.6 Å². The lowest BCUT2D eigenvalue weighted by Gasteiger charge is -2.25. The third-order valence-corrected chi connectivity index (χ3v) is 6.18. The second kappa shape index (κ2) is 9.97. The van der Waals surface area contributed by atoms with Gasteiger partial charge in [0.1, 0.15) is 11.5 Å². The Labute approximate surface area is 198 Å². The van der Waals surface area contributed by atoms with E-state index in [0.717, 1.165) is 24.0 Å². The van der Waals surface area contributed by atoms with Crippen molar-refractivity contribution in [3.63, 3.8) is 0 Å². The molecule has 0 saturated carbocycles. The summed E-state index contributed by atoms with van der Waals surface area (Å²) < 4.78 is 5.35. The van der Waals surface area contributed by atoms with Gasteiger partial charge in [0.05, 0.1) is 29.3 Å². The number of ether oxygens (including phenoxy) is 1. The number of halogens is 2. The Hall–Kier alpha value is -2.50. The van der Waals surface area contributed by atoms with E-state index in [2.05, 4.69) is 13.8 Å². The molecule has 1 aliphatic rings. The maximum Gasteiger partial charge on any atom is 0.295 e. The van der Waals surface area contributed by atoms with E-state index in [1.54, 1.807) is 0 Å². The summed E-state index contributed by atoms with van der Waals surface area (Å²) in [7, 11) is 1.41. The quantitative estimate of drug-likeness (QED) is 0.287. The van der Waals surface area contributed by atoms with Crippen LogP contribution in [0.3, 0.4) is 0 Å². The lowest BCUT2D eigenvalue weighted by Crippen LogP contribution is -2.30. The Morgan fingerprint density at radius 2 is 1.81 bits per heavy atom. The summed E-state index contributed by atoms with van der Waals surface area (Å²) in [6.07, 6.45) is 1.60. The van der Waals surface area contributed by atoms with E-state index in [0.29, 0.717) is 12.5 Å². The zero-order chi connectivity index (χ0) is 23.6. The van der Waals surface area contributed by atoms with Crippen molar-refractivity contribution in [2.75, 3.05) is 13.7 Å². The Morgan fingerprint density at radius 3 is 2.38 bits per heavy atom. The smallest absolute Gasteiger partial charge is 0.295 e. The number of Topliss-reactive ketones (excluding diaryl/α,β-unsaturated/α-hetero) is 1. The third kappa shape index (κ3) is 4.50. The molecule has 0 aromatic heterocycles. The van der Waals surface area contributed by atoms with Crippen LogP contribution in [0.4, 0.5) is 0 Å². The molecule has 3 rings (SSSR count). The molecule has 2 aromatic carbocycles. The molecule has 1 unspecified atom stereocenters. The van der Waals surface area contributed by atoms with Crippen molar-refractivity contribution in [3.8, 4) is 5.75 Å². The molecule has 0 radical (unpaired) electrons. The number of unbranched alkanes of at least 4 members (excludes halogenated alkanes) is 1. The van der Waals surface area contributed by atoms with Gasteiger partial charge < -0.3 is 14.7 Å². The molecule has 1 fully saturated rings. The Kier molecular flexibility index (Phi) is 7.52. The van der Waals surface area contributed by atoms with Gasteiger partial charge in [0.2, 0.25) is 0 Å². The zero-order valence-electron chi connectivity index (χ0n) is 18.6. The maximum atomic E-state index is 13.1. The fourth-order valence-electron chi connectivity index (χ4n) is 3.94. The summed E-state index contributed by atoms with van der Waals surface area (Å²) in [6, 6.07) is 10.0. The molecule has 170 valence electrons. The van der Waals surface area contributed by atoms with Crippen molar-refractivity contribution >= 4 is 40.7 Å². The average Bonchev–Trinajstić information content (AvgIpc) is 3.01. The van der Waals surface area contributed by atoms with Crippen LogP contribution in [0.15, 0.2) is 42.0 Å². The van der Waals surface area contributed by atoms with Crippen molar-refractivity contribution in [3.05, 3.63) is 68.7 Å². The van der Waals surface area contributed by atoms with E-state index in [1.165, 1.54) is 24.1 Å². The van der Waals surface area contributed by atoms with E-state index >= 15 is 0 Å². The highest BCUT2D eigenvalue weighted by Gasteiger charge is 2.46. The van der Waals surface area contributed by atoms with Crippen molar-refractivity contribution in [1.29, 1.82) is 0 Å². The zero-order valence-corrected chi connectivity index (χ0v) is 20.1. The lowest BCUT2D eigenvalue weighted by molar-refractivity contribution is -0.139. The van der Waals surface area contributed by atoms with Crippen LogP contribution < -0.4 is 4.74 Å². The summed E-state index contributed by atoms with van der Waals surface area (Å²) >= 11 is 12.4. The summed E-state index contributed by atoms with van der Waals surface area (Å²) in [4.78, 5) is 27.6. The van der Waals surface area contributed by atoms with Crippen LogP contribution in [-0.2, 0) is 9.59 Å². The number of methoxy groups -OCH3 is 1. The lowest BCUT2D eigenvalue weighted by atomic mass is 9.93. The fraction of sp³-hybridized carbons (Fsp3) is 0.360. The van der Waals surface area contributed by atoms with Gasteiger partial charge in [-0.2, -0.15) is 0 Å². The number of rotatable bonds is 7. The number of amides is 1. The van der Waals surface area contributed by atoms with Gasteiger partial charge >= 0.3 is 0 Å². The largest absolute Gasteiger partial charge is 0.507 e. The van der Waals surface area contributed by atoms with Crippen LogP contribution in [0.2, 0.25) is 10.0 Å². The van der Waals surface area contributed by atoms with Gasteiger partial charge in [0.25, 0.3) is 11.7 Å². The molecule has 0 bridgehead atoms. The van der Waals surface area contributed by atoms with Crippen LogP contribution >= 0.6 is 23.2 Å². The fourth-order valence-corrected chi connectivity index (χ4v) is 4.51. The predicted octanol–water partition coefficient (Wildman–Crippen LogP) is 6.35. The van der Waals surface area contributed by atoms with E-state index in [-0.39, 0.29) is 32.7 Å². The van der Waals surface area contributed by atoms with Crippen LogP contribution in [0.5, 0.6) is 5.75 Å². The second-order valence-corrected chi connectivity index (χ2v) is 8.98. The van der Waals surface area contributed by atoms with Crippen LogP contribution in [0.25, 0.3) is 5.76 Å². The predicted molar refractivity (Wildman–Crippen MR) is 127 cm³/mol. The third-order valence-electron chi connectivity index (χ3n) is 5.68. The van der Waals surface area contributed by atoms with Crippen molar-refractivity contribution in [2.45, 2.75) is 45.6 Å². The van der Waals surface area contributed by atoms with E-state index in [9.17, 15) is 14.7 Å². The molecule has 5 nitrogen and oxygen atoms in total. The number of hydrogen-bond donors (Lipinski definition) is 1. The Morgan fingerprint density at radius 1 is 1.16 bits per heavy atom. The number of carbonyl (C=O) groups excluding carboxylic acids is 2. The van der Waals surface area contributed by atoms with Gasteiger partial charge in [-0.3, -0.25) is 9.59 Å². The first-order valence-corrected chi connectivity index (χ1v) is 11.4. The standard InChI is InChI=1S/C25H27Cl2NO4/c1-5-6-11-28-21(16-9-7-15(8-10-16)14(2)3)20(23(30)25(28)31)22(29)18-12-17(26)13-19(27)24(18)32-4/h7-10,12-14,21,29H,5-6,11H2,1-4H3/b22-20+. The molecule has 1 aliphatic heterocycles. The molecule has 0 aliphatic carbocycles. The molecule has 2 aromatic rings. The number of likely N-dealkylation sites (tertiary alicyclic amines) is 1. The minimum atomic E-state index is -0.741. The Balaban J connectivity index is 2.23. The van der Waals surface area contributed by atoms with Gasteiger partial charge in [0, 0.05) is 11.6 Å². The van der Waals surface area contributed by atoms with Gasteiger partial charge in [0.15, 0.2) is 0 Å². The summed E-state index contributed by atoms with van der Waals surface area (Å²) in [5.74, 6) is -1.21. The van der Waals surface area contributed by atoms with Crippen LogP contribution in [-0.4, -0.2) is 35.4 Å². The highest BCUT2D eigenvalue weighted by atomic mass is 35.5. The molecular formula is C25H27Cl2NO4. The molecule has 1 N–H and O–H groups in total. The summed E-state index contributed by atoms with van der Waals surface area (Å²) in [6.45, 7) is 6.61. The molecule has 1 heterocycles. The van der Waals surface area contributed by atoms with Crippen LogP contribution in [0.1, 0.15) is 62.3 Å². The number of benzene rings is 2. The van der Waals surface area contributed by atoms with Crippen molar-refractivity contribution in [1.82, 2.24) is 4.90 Å². The first kappa shape index (κ1) is 24.1. The monoisotopic (exact) mass is 475 g/mol. The maximum absolute atomic E-state index is 13.1. The summed E-state index contributed by atoms with van der Waals surface area (Å²) in [5.41, 5.74) is 2.06. The number of aliphatic hydroxyl groups excluding tert-OH is 1. The average molecular weight is 476 g/mol. The van der Waals surface area contributed by atoms with Crippen molar-refractivity contribution < 1.29 is 19.4 Å². The number of hydrogen-bond acceptors (Lipinski definition) is 4.